The smallest absolute Gasteiger partial charge is 0.325 e. The number of halogens is 1. The van der Waals surface area contributed by atoms with Crippen LogP contribution in [0, 0.1) is 0 Å². The summed E-state index contributed by atoms with van der Waals surface area (Å²) in [5.74, 6) is -1.44. The van der Waals surface area contributed by atoms with Crippen LogP contribution in [0.2, 0.25) is 0 Å². The average molecular weight is 492 g/mol. The van der Waals surface area contributed by atoms with Gasteiger partial charge in [-0.05, 0) is 46.3 Å². The molecule has 0 aromatic heterocycles. The zero-order valence-corrected chi connectivity index (χ0v) is 17.7. The molecular formula is C20H18BrN3O7. The van der Waals surface area contributed by atoms with Crippen molar-refractivity contribution in [3.8, 4) is 11.5 Å². The number of benzene rings is 2. The molecule has 0 aliphatic carbocycles. The van der Waals surface area contributed by atoms with Gasteiger partial charge in [-0.2, -0.15) is 0 Å². The van der Waals surface area contributed by atoms with E-state index in [4.69, 9.17) is 14.2 Å². The molecule has 0 bridgehead atoms. The Morgan fingerprint density at radius 1 is 0.935 bits per heavy atom. The van der Waals surface area contributed by atoms with E-state index in [0.29, 0.717) is 21.7 Å². The number of fused-ring (bicyclic) bond motifs is 1. The minimum atomic E-state index is -0.804. The molecule has 2 aromatic carbocycles. The predicted octanol–water partition coefficient (Wildman–Crippen LogP) is 1.21. The lowest BCUT2D eigenvalue weighted by Crippen LogP contribution is -2.37. The van der Waals surface area contributed by atoms with Crippen LogP contribution < -0.4 is 25.4 Å². The largest absolute Gasteiger partial charge is 0.454 e. The molecule has 3 rings (SSSR count). The molecule has 1 aliphatic rings. The number of amides is 3. The number of nitrogens with one attached hydrogen (secondary N) is 3. The fraction of sp³-hybridized carbons (Fsp3) is 0.200. The van der Waals surface area contributed by atoms with Crippen LogP contribution in [-0.2, 0) is 19.1 Å². The number of hydrogen-bond donors (Lipinski definition) is 3. The van der Waals surface area contributed by atoms with Gasteiger partial charge < -0.3 is 30.2 Å². The molecular weight excluding hydrogens is 474 g/mol. The topological polar surface area (TPSA) is 132 Å². The molecule has 2 aromatic rings. The third kappa shape index (κ3) is 6.44. The fourth-order valence-corrected chi connectivity index (χ4v) is 2.86. The highest BCUT2D eigenvalue weighted by atomic mass is 79.9. The van der Waals surface area contributed by atoms with E-state index >= 15 is 0 Å². The number of anilines is 1. The Hall–Kier alpha value is -3.60. The van der Waals surface area contributed by atoms with Gasteiger partial charge in [0.15, 0.2) is 18.1 Å². The molecule has 3 N–H and O–H groups in total. The summed E-state index contributed by atoms with van der Waals surface area (Å²) >= 11 is 3.30. The van der Waals surface area contributed by atoms with Crippen molar-refractivity contribution in [2.45, 2.75) is 0 Å². The first-order valence-corrected chi connectivity index (χ1v) is 9.86. The first-order chi connectivity index (χ1) is 14.9. The summed E-state index contributed by atoms with van der Waals surface area (Å²) in [5, 5.41) is 7.34. The fourth-order valence-electron chi connectivity index (χ4n) is 2.48. The highest BCUT2D eigenvalue weighted by Gasteiger charge is 2.17. The number of para-hydroxylation sites is 1. The highest BCUT2D eigenvalue weighted by molar-refractivity contribution is 9.10. The molecule has 31 heavy (non-hydrogen) atoms. The standard InChI is InChI=1S/C20H18BrN3O7/c21-13-3-1-2-4-14(13)24-17(25)8-22-18(26)10-29-19(27)9-23-20(28)12-5-6-15-16(7-12)31-11-30-15/h1-7H,8-11H2,(H,22,26)(H,23,28)(H,24,25). The summed E-state index contributed by atoms with van der Waals surface area (Å²) in [6, 6.07) is 11.6. The third-order valence-electron chi connectivity index (χ3n) is 3.99. The summed E-state index contributed by atoms with van der Waals surface area (Å²) < 4.78 is 15.8. The number of carbonyl (C=O) groups excluding carboxylic acids is 4. The van der Waals surface area contributed by atoms with E-state index in [9.17, 15) is 19.2 Å². The molecule has 0 atom stereocenters. The van der Waals surface area contributed by atoms with E-state index in [1.165, 1.54) is 12.1 Å². The first-order valence-electron chi connectivity index (χ1n) is 9.07. The summed E-state index contributed by atoms with van der Waals surface area (Å²) in [4.78, 5) is 47.5. The second-order valence-electron chi connectivity index (χ2n) is 6.22. The van der Waals surface area contributed by atoms with Crippen molar-refractivity contribution >= 4 is 45.3 Å². The van der Waals surface area contributed by atoms with Crippen LogP contribution in [0.15, 0.2) is 46.9 Å². The minimum Gasteiger partial charge on any atom is -0.454 e. The predicted molar refractivity (Wildman–Crippen MR) is 112 cm³/mol. The van der Waals surface area contributed by atoms with Gasteiger partial charge >= 0.3 is 5.97 Å². The van der Waals surface area contributed by atoms with Crippen LogP contribution in [0.5, 0.6) is 11.5 Å². The summed E-state index contributed by atoms with van der Waals surface area (Å²) in [7, 11) is 0. The molecule has 0 radical (unpaired) electrons. The van der Waals surface area contributed by atoms with Crippen LogP contribution in [-0.4, -0.2) is 50.2 Å². The molecule has 1 heterocycles. The second-order valence-corrected chi connectivity index (χ2v) is 7.07. The average Bonchev–Trinajstić information content (AvgIpc) is 3.24. The molecule has 162 valence electrons. The van der Waals surface area contributed by atoms with Gasteiger partial charge in [-0.25, -0.2) is 0 Å². The minimum absolute atomic E-state index is 0.0836. The second kappa shape index (κ2) is 10.4. The van der Waals surface area contributed by atoms with E-state index in [-0.39, 0.29) is 18.9 Å². The molecule has 11 heteroatoms. The Kier molecular flexibility index (Phi) is 7.44. The number of hydrogen-bond acceptors (Lipinski definition) is 7. The molecule has 0 saturated carbocycles. The van der Waals surface area contributed by atoms with Crippen molar-refractivity contribution in [3.05, 3.63) is 52.5 Å². The van der Waals surface area contributed by atoms with Crippen molar-refractivity contribution in [3.63, 3.8) is 0 Å². The Labute approximate surface area is 185 Å². The van der Waals surface area contributed by atoms with Gasteiger partial charge in [-0.15, -0.1) is 0 Å². The zero-order valence-electron chi connectivity index (χ0n) is 16.1. The molecule has 0 spiro atoms. The number of carbonyl (C=O) groups is 4. The van der Waals surface area contributed by atoms with E-state index < -0.39 is 36.8 Å². The van der Waals surface area contributed by atoms with Gasteiger partial charge in [0, 0.05) is 10.0 Å². The molecule has 0 unspecified atom stereocenters. The summed E-state index contributed by atoms with van der Waals surface area (Å²) in [6.45, 7) is -1.22. The highest BCUT2D eigenvalue weighted by Crippen LogP contribution is 2.32. The maximum atomic E-state index is 12.1. The van der Waals surface area contributed by atoms with Crippen LogP contribution in [0.1, 0.15) is 10.4 Å². The van der Waals surface area contributed by atoms with Gasteiger partial charge in [0.2, 0.25) is 12.7 Å². The van der Waals surface area contributed by atoms with Crippen molar-refractivity contribution in [2.24, 2.45) is 0 Å². The van der Waals surface area contributed by atoms with E-state index in [2.05, 4.69) is 31.9 Å². The number of esters is 1. The van der Waals surface area contributed by atoms with Crippen LogP contribution in [0.25, 0.3) is 0 Å². The Bertz CT molecular complexity index is 1010. The zero-order chi connectivity index (χ0) is 22.2. The van der Waals surface area contributed by atoms with Crippen molar-refractivity contribution in [1.82, 2.24) is 10.6 Å². The van der Waals surface area contributed by atoms with Gasteiger partial charge in [0.05, 0.1) is 12.2 Å². The van der Waals surface area contributed by atoms with Crippen molar-refractivity contribution in [2.75, 3.05) is 31.8 Å². The lowest BCUT2D eigenvalue weighted by atomic mass is 10.2. The van der Waals surface area contributed by atoms with Crippen molar-refractivity contribution in [1.29, 1.82) is 0 Å². The van der Waals surface area contributed by atoms with Gasteiger partial charge in [0.25, 0.3) is 11.8 Å². The summed E-state index contributed by atoms with van der Waals surface area (Å²) in [6.07, 6.45) is 0. The number of ether oxygens (including phenoxy) is 3. The van der Waals surface area contributed by atoms with Gasteiger partial charge in [-0.3, -0.25) is 19.2 Å². The SMILES string of the molecule is O=C(COC(=O)CNC(=O)c1ccc2c(c1)OCO2)NCC(=O)Nc1ccccc1Br. The van der Waals surface area contributed by atoms with Gasteiger partial charge in [-0.1, -0.05) is 12.1 Å². The van der Waals surface area contributed by atoms with E-state index in [1.54, 1.807) is 30.3 Å². The van der Waals surface area contributed by atoms with Crippen molar-refractivity contribution < 1.29 is 33.4 Å². The molecule has 10 nitrogen and oxygen atoms in total. The molecule has 0 fully saturated rings. The Balaban J connectivity index is 1.33. The Morgan fingerprint density at radius 3 is 2.52 bits per heavy atom. The molecule has 3 amide bonds. The third-order valence-corrected chi connectivity index (χ3v) is 4.68. The van der Waals surface area contributed by atoms with Crippen LogP contribution >= 0.6 is 15.9 Å². The Morgan fingerprint density at radius 2 is 1.71 bits per heavy atom. The maximum Gasteiger partial charge on any atom is 0.325 e. The summed E-state index contributed by atoms with van der Waals surface area (Å²) in [5.41, 5.74) is 0.845. The normalized spacial score (nSPS) is 11.4. The lowest BCUT2D eigenvalue weighted by molar-refractivity contribution is -0.147. The molecule has 0 saturated heterocycles. The quantitative estimate of drug-likeness (QED) is 0.472. The monoisotopic (exact) mass is 491 g/mol. The van der Waals surface area contributed by atoms with Crippen LogP contribution in [0.3, 0.4) is 0 Å². The van der Waals surface area contributed by atoms with E-state index in [0.717, 1.165) is 0 Å². The molecule has 1 aliphatic heterocycles. The first kappa shape index (κ1) is 22.1. The van der Waals surface area contributed by atoms with Gasteiger partial charge in [0.1, 0.15) is 6.54 Å². The number of rotatable bonds is 8. The maximum absolute atomic E-state index is 12.1. The lowest BCUT2D eigenvalue weighted by Gasteiger charge is -2.09. The van der Waals surface area contributed by atoms with Crippen LogP contribution in [0.4, 0.5) is 5.69 Å². The van der Waals surface area contributed by atoms with E-state index in [1.807, 2.05) is 0 Å².